The van der Waals surface area contributed by atoms with Gasteiger partial charge >= 0.3 is 5.97 Å². The molecule has 0 aliphatic carbocycles. The van der Waals surface area contributed by atoms with Crippen molar-refractivity contribution in [2.45, 2.75) is 0 Å². The highest BCUT2D eigenvalue weighted by Crippen LogP contribution is 2.33. The van der Waals surface area contributed by atoms with Gasteiger partial charge in [0.25, 0.3) is 11.8 Å². The molecule has 0 bridgehead atoms. The summed E-state index contributed by atoms with van der Waals surface area (Å²) in [4.78, 5) is 39.8. The van der Waals surface area contributed by atoms with Gasteiger partial charge in [0, 0.05) is 10.9 Å². The Morgan fingerprint density at radius 2 is 1.87 bits per heavy atom. The number of thiazole rings is 1. The van der Waals surface area contributed by atoms with Crippen LogP contribution in [0.15, 0.2) is 35.0 Å². The van der Waals surface area contributed by atoms with Crippen molar-refractivity contribution in [2.75, 3.05) is 26.1 Å². The van der Waals surface area contributed by atoms with Crippen LogP contribution in [0, 0.1) is 0 Å². The first-order valence-corrected chi connectivity index (χ1v) is 10.2. The largest absolute Gasteiger partial charge is 0.493 e. The third-order valence-electron chi connectivity index (χ3n) is 3.86. The van der Waals surface area contributed by atoms with Crippen molar-refractivity contribution in [1.82, 2.24) is 4.98 Å². The van der Waals surface area contributed by atoms with Crippen LogP contribution in [0.1, 0.15) is 20.8 Å². The number of carbonyl (C=O) groups excluding carboxylic acids is 3. The Hall–Kier alpha value is -3.44. The summed E-state index contributed by atoms with van der Waals surface area (Å²) in [6.07, 6.45) is 0. The van der Waals surface area contributed by atoms with Gasteiger partial charge in [-0.3, -0.25) is 9.59 Å². The van der Waals surface area contributed by atoms with Gasteiger partial charge in [-0.1, -0.05) is 0 Å². The molecule has 2 aromatic heterocycles. The van der Waals surface area contributed by atoms with Crippen molar-refractivity contribution in [2.24, 2.45) is 5.73 Å². The lowest BCUT2D eigenvalue weighted by atomic mass is 10.2. The number of methoxy groups -OCH3 is 2. The Labute approximate surface area is 179 Å². The zero-order valence-corrected chi connectivity index (χ0v) is 17.6. The van der Waals surface area contributed by atoms with E-state index < -0.39 is 24.4 Å². The molecule has 3 aromatic rings. The molecule has 0 aliphatic heterocycles. The molecule has 0 aliphatic rings. The number of nitrogens with one attached hydrogen (secondary N) is 1. The van der Waals surface area contributed by atoms with Gasteiger partial charge in [0.1, 0.15) is 10.0 Å². The Morgan fingerprint density at radius 1 is 1.10 bits per heavy atom. The predicted molar refractivity (Wildman–Crippen MR) is 112 cm³/mol. The summed E-state index contributed by atoms with van der Waals surface area (Å²) in [5, 5.41) is 6.53. The molecule has 9 nitrogen and oxygen atoms in total. The maximum Gasteiger partial charge on any atom is 0.358 e. The lowest BCUT2D eigenvalue weighted by Crippen LogP contribution is -2.22. The van der Waals surface area contributed by atoms with E-state index in [4.69, 9.17) is 19.9 Å². The van der Waals surface area contributed by atoms with Crippen LogP contribution in [0.5, 0.6) is 11.5 Å². The number of hydrogen-bond donors (Lipinski definition) is 2. The number of benzene rings is 1. The smallest absolute Gasteiger partial charge is 0.358 e. The average Bonchev–Trinajstić information content (AvgIpc) is 3.41. The molecule has 2 amide bonds. The molecule has 1 aromatic carbocycles. The number of ether oxygens (including phenoxy) is 3. The number of rotatable bonds is 8. The Balaban J connectivity index is 1.62. The van der Waals surface area contributed by atoms with Gasteiger partial charge in [0.05, 0.1) is 19.8 Å². The van der Waals surface area contributed by atoms with Crippen molar-refractivity contribution in [3.8, 4) is 22.1 Å². The van der Waals surface area contributed by atoms with Gasteiger partial charge in [-0.25, -0.2) is 9.78 Å². The molecule has 0 fully saturated rings. The van der Waals surface area contributed by atoms with Crippen LogP contribution in [-0.2, 0) is 9.53 Å². The minimum Gasteiger partial charge on any atom is -0.493 e. The quantitative estimate of drug-likeness (QED) is 0.508. The monoisotopic (exact) mass is 447 g/mol. The zero-order valence-electron chi connectivity index (χ0n) is 16.0. The minimum absolute atomic E-state index is 0.0755. The molecule has 0 saturated heterocycles. The Bertz CT molecular complexity index is 1090. The highest BCUT2D eigenvalue weighted by Gasteiger charge is 2.17. The number of esters is 1. The van der Waals surface area contributed by atoms with E-state index >= 15 is 0 Å². The molecule has 156 valence electrons. The van der Waals surface area contributed by atoms with Crippen LogP contribution < -0.4 is 20.5 Å². The molecule has 30 heavy (non-hydrogen) atoms. The van der Waals surface area contributed by atoms with Gasteiger partial charge in [-0.15, -0.1) is 22.7 Å². The number of aromatic nitrogens is 1. The van der Waals surface area contributed by atoms with Crippen molar-refractivity contribution in [3.63, 3.8) is 0 Å². The Kier molecular flexibility index (Phi) is 6.65. The first-order chi connectivity index (χ1) is 14.4. The van der Waals surface area contributed by atoms with E-state index in [0.717, 1.165) is 16.9 Å². The van der Waals surface area contributed by atoms with Crippen LogP contribution in [0.3, 0.4) is 0 Å². The van der Waals surface area contributed by atoms with E-state index in [0.29, 0.717) is 21.5 Å². The van der Waals surface area contributed by atoms with E-state index in [1.807, 2.05) is 0 Å². The molecule has 3 N–H and O–H groups in total. The van der Waals surface area contributed by atoms with E-state index in [9.17, 15) is 14.4 Å². The van der Waals surface area contributed by atoms with E-state index in [-0.39, 0.29) is 11.3 Å². The van der Waals surface area contributed by atoms with Gasteiger partial charge in [0.15, 0.2) is 23.8 Å². The Morgan fingerprint density at radius 3 is 2.57 bits per heavy atom. The molecule has 0 atom stereocenters. The molecule has 2 heterocycles. The van der Waals surface area contributed by atoms with Gasteiger partial charge < -0.3 is 25.3 Å². The average molecular weight is 447 g/mol. The highest BCUT2D eigenvalue weighted by molar-refractivity contribution is 7.14. The summed E-state index contributed by atoms with van der Waals surface area (Å²) in [6, 6.07) is 6.78. The highest BCUT2D eigenvalue weighted by atomic mass is 32.1. The lowest BCUT2D eigenvalue weighted by molar-refractivity contribution is -0.119. The molecular formula is C19H17N3O6S2. The van der Waals surface area contributed by atoms with Crippen LogP contribution in [0.4, 0.5) is 5.00 Å². The zero-order chi connectivity index (χ0) is 21.7. The second kappa shape index (κ2) is 9.37. The predicted octanol–water partition coefficient (Wildman–Crippen LogP) is 2.78. The van der Waals surface area contributed by atoms with Crippen LogP contribution in [-0.4, -0.2) is 43.6 Å². The minimum atomic E-state index is -0.741. The van der Waals surface area contributed by atoms with Crippen molar-refractivity contribution in [1.29, 1.82) is 0 Å². The normalized spacial score (nSPS) is 10.3. The molecule has 0 radical (unpaired) electrons. The van der Waals surface area contributed by atoms with Crippen LogP contribution >= 0.6 is 22.7 Å². The van der Waals surface area contributed by atoms with E-state index in [1.54, 1.807) is 30.7 Å². The molecular weight excluding hydrogens is 430 g/mol. The second-order valence-corrected chi connectivity index (χ2v) is 7.53. The number of carbonyl (C=O) groups is 3. The molecule has 11 heteroatoms. The maximum atomic E-state index is 12.2. The van der Waals surface area contributed by atoms with E-state index in [1.165, 1.54) is 29.9 Å². The van der Waals surface area contributed by atoms with Gasteiger partial charge in [-0.05, 0) is 29.6 Å². The number of amides is 2. The lowest BCUT2D eigenvalue weighted by Gasteiger charge is -2.08. The number of anilines is 1. The van der Waals surface area contributed by atoms with Crippen molar-refractivity contribution < 1.29 is 28.6 Å². The fourth-order valence-electron chi connectivity index (χ4n) is 2.44. The third-order valence-corrected chi connectivity index (χ3v) is 5.58. The fraction of sp³-hybridized carbons (Fsp3) is 0.158. The summed E-state index contributed by atoms with van der Waals surface area (Å²) < 4.78 is 15.5. The number of thiophene rings is 1. The van der Waals surface area contributed by atoms with Crippen molar-refractivity contribution in [3.05, 3.63) is 46.3 Å². The summed E-state index contributed by atoms with van der Waals surface area (Å²) in [5.74, 6) is -0.879. The van der Waals surface area contributed by atoms with Crippen LogP contribution in [0.2, 0.25) is 0 Å². The summed E-state index contributed by atoms with van der Waals surface area (Å²) >= 11 is 2.39. The standard InChI is InChI=1S/C19H17N3O6S2/c1-26-13-4-3-10(7-14(13)27-2)17-21-12(9-30-17)19(25)28-8-15(23)22-18-11(16(20)24)5-6-29-18/h3-7,9H,8H2,1-2H3,(H2,20,24)(H,22,23). The number of hydrogen-bond acceptors (Lipinski definition) is 9. The maximum absolute atomic E-state index is 12.2. The SMILES string of the molecule is COc1ccc(-c2nc(C(=O)OCC(=O)Nc3sccc3C(N)=O)cs2)cc1OC. The van der Waals surface area contributed by atoms with Crippen LogP contribution in [0.25, 0.3) is 10.6 Å². The molecule has 0 saturated carbocycles. The first-order valence-electron chi connectivity index (χ1n) is 8.45. The number of primary amides is 1. The fourth-order valence-corrected chi connectivity index (χ4v) is 4.03. The topological polar surface area (TPSA) is 130 Å². The second-order valence-electron chi connectivity index (χ2n) is 5.76. The molecule has 0 unspecified atom stereocenters. The van der Waals surface area contributed by atoms with Crippen molar-refractivity contribution >= 4 is 45.5 Å². The summed E-state index contributed by atoms with van der Waals surface area (Å²) in [5.41, 5.74) is 6.24. The molecule has 0 spiro atoms. The third kappa shape index (κ3) is 4.75. The first kappa shape index (κ1) is 21.3. The number of nitrogens with two attached hydrogens (primary N) is 1. The van der Waals surface area contributed by atoms with Gasteiger partial charge in [-0.2, -0.15) is 0 Å². The van der Waals surface area contributed by atoms with Gasteiger partial charge in [0.2, 0.25) is 0 Å². The summed E-state index contributed by atoms with van der Waals surface area (Å²) in [7, 11) is 3.07. The van der Waals surface area contributed by atoms with E-state index in [2.05, 4.69) is 10.3 Å². The number of nitrogens with zero attached hydrogens (tertiary/aromatic N) is 1. The summed E-state index contributed by atoms with van der Waals surface area (Å²) in [6.45, 7) is -0.530. The molecule has 3 rings (SSSR count).